The van der Waals surface area contributed by atoms with Crippen LogP contribution < -0.4 is 5.32 Å². The van der Waals surface area contributed by atoms with E-state index in [1.807, 2.05) is 24.3 Å². The molecule has 1 aromatic carbocycles. The topological polar surface area (TPSA) is 57.2 Å². The summed E-state index contributed by atoms with van der Waals surface area (Å²) < 4.78 is 5.10. The molecule has 6 nitrogen and oxygen atoms in total. The van der Waals surface area contributed by atoms with E-state index in [-0.39, 0.29) is 5.97 Å². The maximum Gasteiger partial charge on any atom is 0.307 e. The van der Waals surface area contributed by atoms with Crippen LogP contribution in [0.5, 0.6) is 0 Å². The van der Waals surface area contributed by atoms with Crippen LogP contribution in [0.15, 0.2) is 41.1 Å². The van der Waals surface area contributed by atoms with Gasteiger partial charge >= 0.3 is 5.97 Å². The Morgan fingerprint density at radius 3 is 2.71 bits per heavy atom. The maximum atomic E-state index is 11.2. The van der Waals surface area contributed by atoms with Crippen molar-refractivity contribution in [1.29, 1.82) is 0 Å². The Morgan fingerprint density at radius 1 is 1.29 bits per heavy atom. The second-order valence-electron chi connectivity index (χ2n) is 5.84. The van der Waals surface area contributed by atoms with E-state index in [1.54, 1.807) is 0 Å². The van der Waals surface area contributed by atoms with E-state index in [2.05, 4.69) is 22.2 Å². The minimum absolute atomic E-state index is 0.384. The predicted octanol–water partition coefficient (Wildman–Crippen LogP) is 2.16. The lowest BCUT2D eigenvalue weighted by Gasteiger charge is -2.34. The molecule has 0 bridgehead atoms. The Hall–Kier alpha value is -2.25. The largest absolute Gasteiger partial charge is 0.434 e. The summed E-state index contributed by atoms with van der Waals surface area (Å²) in [6.45, 7) is 4.95. The van der Waals surface area contributed by atoms with Crippen LogP contribution in [-0.4, -0.2) is 59.8 Å². The van der Waals surface area contributed by atoms with Crippen LogP contribution in [0, 0.1) is 0 Å². The number of para-hydroxylation sites is 2. The Balaban J connectivity index is 2.02. The number of nitrogens with zero attached hydrogens (tertiary/aromatic N) is 3. The second kappa shape index (κ2) is 7.11. The molecule has 24 heavy (non-hydrogen) atoms. The van der Waals surface area contributed by atoms with Crippen LogP contribution in [0.1, 0.15) is 6.92 Å². The molecule has 1 N–H and O–H groups in total. The van der Waals surface area contributed by atoms with E-state index in [4.69, 9.17) is 21.9 Å². The number of hydrogen-bond acceptors (Lipinski definition) is 6. The van der Waals surface area contributed by atoms with Gasteiger partial charge in [0.2, 0.25) is 0 Å². The van der Waals surface area contributed by atoms with Gasteiger partial charge in [0.1, 0.15) is 17.1 Å². The van der Waals surface area contributed by atoms with Crippen molar-refractivity contribution in [3.05, 3.63) is 36.1 Å². The number of ether oxygens (including phenoxy) is 1. The van der Waals surface area contributed by atoms with Crippen molar-refractivity contribution in [2.24, 2.45) is 4.99 Å². The zero-order chi connectivity index (χ0) is 17.1. The highest BCUT2D eigenvalue weighted by Crippen LogP contribution is 2.30. The van der Waals surface area contributed by atoms with Gasteiger partial charge < -0.3 is 19.9 Å². The fraction of sp³-hybridized carbons (Fsp3) is 0.353. The number of esters is 1. The van der Waals surface area contributed by atoms with Crippen molar-refractivity contribution in [3.8, 4) is 0 Å². The number of amidine groups is 1. The maximum absolute atomic E-state index is 11.2. The number of hydrogen-bond donors (Lipinski definition) is 1. The smallest absolute Gasteiger partial charge is 0.307 e. The highest BCUT2D eigenvalue weighted by Gasteiger charge is 2.26. The van der Waals surface area contributed by atoms with Gasteiger partial charge in [-0.3, -0.25) is 4.79 Å². The van der Waals surface area contributed by atoms with Gasteiger partial charge in [-0.1, -0.05) is 24.4 Å². The normalized spacial score (nSPS) is 20.1. The molecule has 2 heterocycles. The number of aliphatic imine (C=N–C) groups is 1. The number of thiocarbonyl (C=S) groups is 1. The van der Waals surface area contributed by atoms with E-state index in [9.17, 15) is 4.79 Å². The minimum Gasteiger partial charge on any atom is -0.434 e. The van der Waals surface area contributed by atoms with Crippen LogP contribution in [0.4, 0.5) is 11.4 Å². The Morgan fingerprint density at radius 2 is 2.00 bits per heavy atom. The number of carbonyl (C=O) groups is 1. The zero-order valence-electron chi connectivity index (χ0n) is 13.8. The molecular weight excluding hydrogens is 324 g/mol. The summed E-state index contributed by atoms with van der Waals surface area (Å²) in [5, 5.41) is 3.19. The standard InChI is InChI=1S/C17H20N4O2S/c1-12(22)23-11-13-16(21-9-7-20(2)8-10-21)18-14-5-3-4-6-15(14)19-17(13)24/h3-6,11H,7-10H2,1-2H3,(H,19,24)/b13-11-. The van der Waals surface area contributed by atoms with Crippen molar-refractivity contribution in [1.82, 2.24) is 9.80 Å². The van der Waals surface area contributed by atoms with Crippen LogP contribution in [0.2, 0.25) is 0 Å². The molecule has 2 aliphatic rings. The quantitative estimate of drug-likeness (QED) is 0.365. The van der Waals surface area contributed by atoms with Crippen molar-refractivity contribution in [3.63, 3.8) is 0 Å². The van der Waals surface area contributed by atoms with Crippen LogP contribution in [-0.2, 0) is 9.53 Å². The number of rotatable bonds is 1. The first-order chi connectivity index (χ1) is 11.5. The van der Waals surface area contributed by atoms with Gasteiger partial charge in [-0.15, -0.1) is 0 Å². The number of piperazine rings is 1. The second-order valence-corrected chi connectivity index (χ2v) is 6.25. The highest BCUT2D eigenvalue weighted by molar-refractivity contribution is 7.81. The molecule has 0 spiro atoms. The van der Waals surface area contributed by atoms with E-state index in [0.29, 0.717) is 10.6 Å². The average molecular weight is 344 g/mol. The molecule has 1 aromatic rings. The van der Waals surface area contributed by atoms with E-state index >= 15 is 0 Å². The number of nitrogens with one attached hydrogen (secondary N) is 1. The van der Waals surface area contributed by atoms with Crippen molar-refractivity contribution in [2.75, 3.05) is 38.5 Å². The number of anilines is 1. The molecule has 0 amide bonds. The molecule has 3 rings (SSSR count). The Kier molecular flexibility index (Phi) is 4.92. The molecule has 7 heteroatoms. The van der Waals surface area contributed by atoms with E-state index < -0.39 is 0 Å². The van der Waals surface area contributed by atoms with Gasteiger partial charge in [-0.05, 0) is 19.2 Å². The molecule has 0 unspecified atom stereocenters. The molecule has 0 aromatic heterocycles. The molecule has 2 aliphatic heterocycles. The van der Waals surface area contributed by atoms with Crippen molar-refractivity contribution >= 4 is 40.4 Å². The van der Waals surface area contributed by atoms with Crippen molar-refractivity contribution < 1.29 is 9.53 Å². The van der Waals surface area contributed by atoms with Gasteiger partial charge in [-0.2, -0.15) is 0 Å². The summed E-state index contributed by atoms with van der Waals surface area (Å²) in [5.74, 6) is 0.358. The van der Waals surface area contributed by atoms with E-state index in [1.165, 1.54) is 13.2 Å². The monoisotopic (exact) mass is 344 g/mol. The van der Waals surface area contributed by atoms with Gasteiger partial charge in [0.25, 0.3) is 0 Å². The molecule has 0 atom stereocenters. The summed E-state index contributed by atoms with van der Waals surface area (Å²) in [4.78, 5) is 21.0. The average Bonchev–Trinajstić information content (AvgIpc) is 2.69. The summed E-state index contributed by atoms with van der Waals surface area (Å²) in [6.07, 6.45) is 1.40. The predicted molar refractivity (Wildman–Crippen MR) is 98.7 cm³/mol. The number of fused-ring (bicyclic) bond motifs is 1. The molecule has 1 saturated heterocycles. The third-order valence-electron chi connectivity index (χ3n) is 4.01. The number of benzene rings is 1. The molecule has 0 radical (unpaired) electrons. The first-order valence-corrected chi connectivity index (χ1v) is 8.26. The van der Waals surface area contributed by atoms with Gasteiger partial charge in [0.05, 0.1) is 16.9 Å². The van der Waals surface area contributed by atoms with Crippen LogP contribution in [0.3, 0.4) is 0 Å². The van der Waals surface area contributed by atoms with E-state index in [0.717, 1.165) is 43.4 Å². The summed E-state index contributed by atoms with van der Waals surface area (Å²) in [5.41, 5.74) is 2.29. The minimum atomic E-state index is -0.384. The first kappa shape index (κ1) is 16.6. The van der Waals surface area contributed by atoms with Gasteiger partial charge in [-0.25, -0.2) is 4.99 Å². The van der Waals surface area contributed by atoms with Crippen LogP contribution >= 0.6 is 12.2 Å². The fourth-order valence-corrected chi connectivity index (χ4v) is 2.90. The molecule has 0 saturated carbocycles. The molecule has 1 fully saturated rings. The molecule has 0 aliphatic carbocycles. The summed E-state index contributed by atoms with van der Waals surface area (Å²) in [7, 11) is 2.10. The lowest BCUT2D eigenvalue weighted by Crippen LogP contribution is -2.48. The molecular formula is C17H20N4O2S. The zero-order valence-corrected chi connectivity index (χ0v) is 14.6. The Labute approximate surface area is 146 Å². The fourth-order valence-electron chi connectivity index (χ4n) is 2.65. The SMILES string of the molecule is CC(=O)O/C=C1\C(=S)Nc2ccccc2N=C1N1CCN(C)CC1. The van der Waals surface area contributed by atoms with Gasteiger partial charge in [0, 0.05) is 33.1 Å². The third-order valence-corrected chi connectivity index (χ3v) is 4.33. The van der Waals surface area contributed by atoms with Crippen molar-refractivity contribution in [2.45, 2.75) is 6.92 Å². The lowest BCUT2D eigenvalue weighted by molar-refractivity contribution is -0.135. The first-order valence-electron chi connectivity index (χ1n) is 7.85. The lowest BCUT2D eigenvalue weighted by atomic mass is 10.2. The summed E-state index contributed by atoms with van der Waals surface area (Å²) in [6, 6.07) is 7.74. The van der Waals surface area contributed by atoms with Gasteiger partial charge in [0.15, 0.2) is 0 Å². The highest BCUT2D eigenvalue weighted by atomic mass is 32.1. The molecule has 126 valence electrons. The third kappa shape index (κ3) is 3.63. The number of carbonyl (C=O) groups excluding carboxylic acids is 1. The number of likely N-dealkylation sites (N-methyl/N-ethyl adjacent to an activating group) is 1. The van der Waals surface area contributed by atoms with Crippen LogP contribution in [0.25, 0.3) is 0 Å². The Bertz CT molecular complexity index is 721. The summed E-state index contributed by atoms with van der Waals surface area (Å²) >= 11 is 5.52.